The fourth-order valence-electron chi connectivity index (χ4n) is 3.29. The highest BCUT2D eigenvalue weighted by Crippen LogP contribution is 2.28. The highest BCUT2D eigenvalue weighted by atomic mass is 32.2. The first-order valence-corrected chi connectivity index (χ1v) is 10.9. The minimum Gasteiger partial charge on any atom is -0.495 e. The van der Waals surface area contributed by atoms with Gasteiger partial charge in [-0.3, -0.25) is 4.79 Å². The monoisotopic (exact) mass is 398 g/mol. The molecule has 1 heterocycles. The summed E-state index contributed by atoms with van der Waals surface area (Å²) >= 11 is 0. The Morgan fingerprint density at radius 3 is 2.44 bits per heavy atom. The molecular formula is C19H30N2O5S. The summed E-state index contributed by atoms with van der Waals surface area (Å²) < 4.78 is 37.9. The third kappa shape index (κ3) is 4.80. The highest BCUT2D eigenvalue weighted by Gasteiger charge is 2.28. The number of ether oxygens (including phenoxy) is 2. The minimum atomic E-state index is -3.74. The number of nitrogens with zero attached hydrogens (tertiary/aromatic N) is 2. The zero-order chi connectivity index (χ0) is 20.0. The van der Waals surface area contributed by atoms with E-state index in [9.17, 15) is 13.2 Å². The van der Waals surface area contributed by atoms with Crippen molar-refractivity contribution in [2.24, 2.45) is 5.92 Å². The second-order valence-electron chi connectivity index (χ2n) is 6.53. The summed E-state index contributed by atoms with van der Waals surface area (Å²) in [5, 5.41) is 0. The molecule has 1 unspecified atom stereocenters. The summed E-state index contributed by atoms with van der Waals surface area (Å²) in [4.78, 5) is 14.8. The quantitative estimate of drug-likeness (QED) is 0.638. The summed E-state index contributed by atoms with van der Waals surface area (Å²) in [7, 11) is -2.31. The van der Waals surface area contributed by atoms with Gasteiger partial charge in [-0.2, -0.15) is 4.31 Å². The molecule has 0 spiro atoms. The molecule has 0 N–H and O–H groups in total. The Bertz CT molecular complexity index is 740. The fourth-order valence-corrected chi connectivity index (χ4v) is 4.93. The van der Waals surface area contributed by atoms with E-state index in [0.717, 1.165) is 13.0 Å². The number of rotatable bonds is 9. The number of methoxy groups -OCH3 is 1. The van der Waals surface area contributed by atoms with E-state index in [0.29, 0.717) is 44.3 Å². The first kappa shape index (κ1) is 21.7. The van der Waals surface area contributed by atoms with E-state index < -0.39 is 10.0 Å². The van der Waals surface area contributed by atoms with E-state index in [-0.39, 0.29) is 16.6 Å². The summed E-state index contributed by atoms with van der Waals surface area (Å²) in [6.45, 7) is 8.74. The molecule has 1 atom stereocenters. The number of amides is 1. The van der Waals surface area contributed by atoms with Crippen molar-refractivity contribution in [1.82, 2.24) is 9.21 Å². The van der Waals surface area contributed by atoms with Crippen molar-refractivity contribution in [3.8, 4) is 5.75 Å². The van der Waals surface area contributed by atoms with Gasteiger partial charge in [-0.05, 0) is 31.5 Å². The molecule has 2 rings (SSSR count). The van der Waals surface area contributed by atoms with Crippen LogP contribution in [0, 0.1) is 5.92 Å². The second kappa shape index (κ2) is 9.52. The fraction of sp³-hybridized carbons (Fsp3) is 0.632. The van der Waals surface area contributed by atoms with Crippen molar-refractivity contribution in [1.29, 1.82) is 0 Å². The van der Waals surface area contributed by atoms with Gasteiger partial charge < -0.3 is 14.4 Å². The summed E-state index contributed by atoms with van der Waals surface area (Å²) in [5.41, 5.74) is 0.349. The van der Waals surface area contributed by atoms with Gasteiger partial charge in [-0.25, -0.2) is 8.42 Å². The van der Waals surface area contributed by atoms with Crippen LogP contribution in [0.1, 0.15) is 37.6 Å². The number of sulfonamides is 1. The van der Waals surface area contributed by atoms with Gasteiger partial charge in [0.25, 0.3) is 5.91 Å². The standard InChI is InChI=1S/C19H30N2O5S/c1-5-20(13-15-10-11-26-14-15)19(22)16-8-9-17(25-4)18(12-16)27(23,24)21(6-2)7-3/h8-9,12,15H,5-7,10-11,13-14H2,1-4H3. The summed E-state index contributed by atoms with van der Waals surface area (Å²) in [5.74, 6) is 0.389. The average Bonchev–Trinajstić information content (AvgIpc) is 3.19. The van der Waals surface area contributed by atoms with Crippen LogP contribution in [0.4, 0.5) is 0 Å². The molecule has 1 aromatic rings. The molecular weight excluding hydrogens is 368 g/mol. The third-order valence-electron chi connectivity index (χ3n) is 4.91. The molecule has 1 amide bonds. The highest BCUT2D eigenvalue weighted by molar-refractivity contribution is 7.89. The zero-order valence-electron chi connectivity index (χ0n) is 16.6. The Hall–Kier alpha value is -1.64. The summed E-state index contributed by atoms with van der Waals surface area (Å²) in [6.07, 6.45) is 0.938. The van der Waals surface area contributed by atoms with Crippen molar-refractivity contribution >= 4 is 15.9 Å². The van der Waals surface area contributed by atoms with Gasteiger partial charge in [0, 0.05) is 44.3 Å². The lowest BCUT2D eigenvalue weighted by Crippen LogP contribution is -2.36. The predicted molar refractivity (Wildman–Crippen MR) is 104 cm³/mol. The van der Waals surface area contributed by atoms with Crippen molar-refractivity contribution in [2.75, 3.05) is 46.5 Å². The summed E-state index contributed by atoms with van der Waals surface area (Å²) in [6, 6.07) is 4.61. The molecule has 0 saturated carbocycles. The first-order chi connectivity index (χ1) is 12.9. The molecule has 152 valence electrons. The van der Waals surface area contributed by atoms with E-state index >= 15 is 0 Å². The van der Waals surface area contributed by atoms with Crippen molar-refractivity contribution < 1.29 is 22.7 Å². The van der Waals surface area contributed by atoms with Crippen molar-refractivity contribution in [3.63, 3.8) is 0 Å². The van der Waals surface area contributed by atoms with Crippen LogP contribution in [0.3, 0.4) is 0 Å². The molecule has 27 heavy (non-hydrogen) atoms. The van der Waals surface area contributed by atoms with Crippen molar-refractivity contribution in [2.45, 2.75) is 32.1 Å². The zero-order valence-corrected chi connectivity index (χ0v) is 17.4. The number of hydrogen-bond donors (Lipinski definition) is 0. The van der Waals surface area contributed by atoms with Crippen LogP contribution in [0.5, 0.6) is 5.75 Å². The Morgan fingerprint density at radius 1 is 1.22 bits per heavy atom. The Balaban J connectivity index is 2.36. The van der Waals surface area contributed by atoms with Crippen LogP contribution in [0.15, 0.2) is 23.1 Å². The lowest BCUT2D eigenvalue weighted by molar-refractivity contribution is 0.0730. The molecule has 1 aromatic carbocycles. The number of benzene rings is 1. The smallest absolute Gasteiger partial charge is 0.253 e. The third-order valence-corrected chi connectivity index (χ3v) is 6.98. The minimum absolute atomic E-state index is 0.0276. The van der Waals surface area contributed by atoms with Gasteiger partial charge in [0.2, 0.25) is 10.0 Å². The van der Waals surface area contributed by atoms with E-state index in [1.807, 2.05) is 6.92 Å². The largest absolute Gasteiger partial charge is 0.495 e. The van der Waals surface area contributed by atoms with E-state index in [1.54, 1.807) is 30.9 Å². The SMILES string of the molecule is CCN(CC1CCOC1)C(=O)c1ccc(OC)c(S(=O)(=O)N(CC)CC)c1. The van der Waals surface area contributed by atoms with Gasteiger partial charge in [0.1, 0.15) is 10.6 Å². The molecule has 1 aliphatic rings. The Kier molecular flexibility index (Phi) is 7.64. The van der Waals surface area contributed by atoms with Crippen LogP contribution in [0.25, 0.3) is 0 Å². The van der Waals surface area contributed by atoms with E-state index in [1.165, 1.54) is 17.5 Å². The van der Waals surface area contributed by atoms with Gasteiger partial charge in [0.05, 0.1) is 13.7 Å². The molecule has 0 radical (unpaired) electrons. The maximum absolute atomic E-state index is 13.0. The van der Waals surface area contributed by atoms with Gasteiger partial charge in [0.15, 0.2) is 0 Å². The van der Waals surface area contributed by atoms with E-state index in [4.69, 9.17) is 9.47 Å². The van der Waals surface area contributed by atoms with Gasteiger partial charge in [-0.1, -0.05) is 13.8 Å². The second-order valence-corrected chi connectivity index (χ2v) is 8.43. The lowest BCUT2D eigenvalue weighted by Gasteiger charge is -2.25. The topological polar surface area (TPSA) is 76.1 Å². The molecule has 7 nitrogen and oxygen atoms in total. The first-order valence-electron chi connectivity index (χ1n) is 9.44. The molecule has 0 bridgehead atoms. The average molecular weight is 399 g/mol. The molecule has 1 saturated heterocycles. The number of carbonyl (C=O) groups excluding carboxylic acids is 1. The maximum Gasteiger partial charge on any atom is 0.253 e. The van der Waals surface area contributed by atoms with Gasteiger partial charge >= 0.3 is 0 Å². The van der Waals surface area contributed by atoms with Crippen LogP contribution in [0.2, 0.25) is 0 Å². The molecule has 1 fully saturated rings. The maximum atomic E-state index is 13.0. The normalized spacial score (nSPS) is 17.3. The van der Waals surface area contributed by atoms with Crippen LogP contribution < -0.4 is 4.74 Å². The predicted octanol–water partition coefficient (Wildman–Crippen LogP) is 2.22. The molecule has 0 aromatic heterocycles. The van der Waals surface area contributed by atoms with Crippen LogP contribution >= 0.6 is 0 Å². The lowest BCUT2D eigenvalue weighted by atomic mass is 10.1. The van der Waals surface area contributed by atoms with Gasteiger partial charge in [-0.15, -0.1) is 0 Å². The number of hydrogen-bond acceptors (Lipinski definition) is 5. The molecule has 8 heteroatoms. The Morgan fingerprint density at radius 2 is 1.93 bits per heavy atom. The number of carbonyl (C=O) groups is 1. The Labute approximate surface area is 162 Å². The van der Waals surface area contributed by atoms with Crippen molar-refractivity contribution in [3.05, 3.63) is 23.8 Å². The van der Waals surface area contributed by atoms with Crippen LogP contribution in [-0.4, -0.2) is 70.0 Å². The van der Waals surface area contributed by atoms with Crippen LogP contribution in [-0.2, 0) is 14.8 Å². The van der Waals surface area contributed by atoms with E-state index in [2.05, 4.69) is 0 Å². The molecule has 0 aliphatic carbocycles. The molecule has 1 aliphatic heterocycles.